The predicted molar refractivity (Wildman–Crippen MR) is 86.2 cm³/mol. The van der Waals surface area contributed by atoms with Crippen molar-refractivity contribution in [3.05, 3.63) is 29.3 Å². The molecule has 0 saturated carbocycles. The minimum atomic E-state index is -3.54. The van der Waals surface area contributed by atoms with Crippen molar-refractivity contribution in [2.24, 2.45) is 0 Å². The van der Waals surface area contributed by atoms with Crippen molar-refractivity contribution in [3.63, 3.8) is 0 Å². The number of nitrogens with zero attached hydrogens (tertiary/aromatic N) is 1. The highest BCUT2D eigenvalue weighted by molar-refractivity contribution is 7.92. The highest BCUT2D eigenvalue weighted by atomic mass is 35.5. The molecule has 1 atom stereocenters. The second-order valence-corrected chi connectivity index (χ2v) is 7.35. The molecular formula is C14H21ClN2O3S. The number of sulfonamides is 1. The van der Waals surface area contributed by atoms with Gasteiger partial charge in [-0.15, -0.1) is 0 Å². The van der Waals surface area contributed by atoms with E-state index in [1.807, 2.05) is 13.8 Å². The summed E-state index contributed by atoms with van der Waals surface area (Å²) >= 11 is 5.79. The number of nitrogens with one attached hydrogen (secondary N) is 1. The van der Waals surface area contributed by atoms with E-state index in [1.54, 1.807) is 24.3 Å². The molecule has 1 rings (SSSR count). The van der Waals surface area contributed by atoms with Crippen LogP contribution in [-0.2, 0) is 14.8 Å². The van der Waals surface area contributed by atoms with Crippen LogP contribution in [0.25, 0.3) is 0 Å². The van der Waals surface area contributed by atoms with Crippen LogP contribution in [0.1, 0.15) is 26.7 Å². The van der Waals surface area contributed by atoms with Crippen molar-refractivity contribution in [1.82, 2.24) is 5.32 Å². The monoisotopic (exact) mass is 332 g/mol. The van der Waals surface area contributed by atoms with E-state index in [2.05, 4.69) is 5.32 Å². The fourth-order valence-corrected chi connectivity index (χ4v) is 2.95. The first-order chi connectivity index (χ1) is 9.74. The molecule has 21 heavy (non-hydrogen) atoms. The summed E-state index contributed by atoms with van der Waals surface area (Å²) in [5.41, 5.74) is 0.417. The largest absolute Gasteiger partial charge is 0.352 e. The Hall–Kier alpha value is -1.27. The number of hydrogen-bond donors (Lipinski definition) is 1. The van der Waals surface area contributed by atoms with E-state index in [9.17, 15) is 13.2 Å². The molecular weight excluding hydrogens is 312 g/mol. The Balaban J connectivity index is 2.86. The summed E-state index contributed by atoms with van der Waals surface area (Å²) in [5, 5.41) is 3.30. The molecule has 0 unspecified atom stereocenters. The molecule has 1 aromatic carbocycles. The average molecular weight is 333 g/mol. The van der Waals surface area contributed by atoms with Gasteiger partial charge in [-0.3, -0.25) is 9.10 Å². The van der Waals surface area contributed by atoms with Crippen LogP contribution in [0.3, 0.4) is 0 Å². The molecule has 0 fully saturated rings. The van der Waals surface area contributed by atoms with Crippen LogP contribution >= 0.6 is 11.6 Å². The molecule has 118 valence electrons. The molecule has 0 saturated heterocycles. The van der Waals surface area contributed by atoms with Gasteiger partial charge in [-0.2, -0.15) is 0 Å². The van der Waals surface area contributed by atoms with Crippen LogP contribution in [-0.4, -0.2) is 33.2 Å². The predicted octanol–water partition coefficient (Wildman–Crippen LogP) is 2.41. The SMILES string of the molecule is CCC[C@@H](C)NC(=O)CN(c1ccc(Cl)cc1)S(C)(=O)=O. The lowest BCUT2D eigenvalue weighted by Gasteiger charge is -2.23. The van der Waals surface area contributed by atoms with Crippen LogP contribution in [0.4, 0.5) is 5.69 Å². The molecule has 1 amide bonds. The third-order valence-corrected chi connectivity index (χ3v) is 4.32. The molecule has 0 aromatic heterocycles. The van der Waals surface area contributed by atoms with E-state index >= 15 is 0 Å². The third kappa shape index (κ3) is 5.93. The molecule has 0 radical (unpaired) electrons. The second kappa shape index (κ2) is 7.66. The van der Waals surface area contributed by atoms with Gasteiger partial charge in [-0.1, -0.05) is 24.9 Å². The van der Waals surface area contributed by atoms with Gasteiger partial charge in [0.25, 0.3) is 0 Å². The molecule has 7 heteroatoms. The first kappa shape index (κ1) is 17.8. The highest BCUT2D eigenvalue weighted by Crippen LogP contribution is 2.20. The quantitative estimate of drug-likeness (QED) is 0.833. The first-order valence-corrected chi connectivity index (χ1v) is 8.99. The molecule has 0 aliphatic heterocycles. The lowest BCUT2D eigenvalue weighted by Crippen LogP contribution is -2.43. The van der Waals surface area contributed by atoms with Crippen molar-refractivity contribution < 1.29 is 13.2 Å². The van der Waals surface area contributed by atoms with E-state index in [-0.39, 0.29) is 18.5 Å². The Kier molecular flexibility index (Phi) is 6.48. The molecule has 5 nitrogen and oxygen atoms in total. The molecule has 0 spiro atoms. The van der Waals surface area contributed by atoms with Crippen LogP contribution in [0, 0.1) is 0 Å². The van der Waals surface area contributed by atoms with E-state index in [4.69, 9.17) is 11.6 Å². The van der Waals surface area contributed by atoms with Crippen LogP contribution in [0.2, 0.25) is 5.02 Å². The minimum absolute atomic E-state index is 0.0223. The molecule has 0 heterocycles. The number of carbonyl (C=O) groups is 1. The van der Waals surface area contributed by atoms with E-state index in [0.717, 1.165) is 23.4 Å². The second-order valence-electron chi connectivity index (χ2n) is 5.00. The summed E-state index contributed by atoms with van der Waals surface area (Å²) in [6.45, 7) is 3.68. The Morgan fingerprint density at radius 1 is 1.33 bits per heavy atom. The molecule has 1 aromatic rings. The van der Waals surface area contributed by atoms with Crippen LogP contribution in [0.15, 0.2) is 24.3 Å². The maximum atomic E-state index is 12.0. The van der Waals surface area contributed by atoms with Crippen molar-refractivity contribution in [2.45, 2.75) is 32.7 Å². The fraction of sp³-hybridized carbons (Fsp3) is 0.500. The van der Waals surface area contributed by atoms with Gasteiger partial charge in [0.1, 0.15) is 6.54 Å². The zero-order valence-corrected chi connectivity index (χ0v) is 14.0. The molecule has 0 bridgehead atoms. The van der Waals surface area contributed by atoms with Gasteiger partial charge in [-0.25, -0.2) is 8.42 Å². The van der Waals surface area contributed by atoms with Gasteiger partial charge >= 0.3 is 0 Å². The smallest absolute Gasteiger partial charge is 0.240 e. The van der Waals surface area contributed by atoms with Gasteiger partial charge < -0.3 is 5.32 Å². The van der Waals surface area contributed by atoms with Crippen molar-refractivity contribution in [2.75, 3.05) is 17.1 Å². The van der Waals surface area contributed by atoms with E-state index in [1.165, 1.54) is 0 Å². The van der Waals surface area contributed by atoms with Crippen molar-refractivity contribution >= 4 is 33.2 Å². The summed E-state index contributed by atoms with van der Waals surface area (Å²) in [5.74, 6) is -0.323. The minimum Gasteiger partial charge on any atom is -0.352 e. The summed E-state index contributed by atoms with van der Waals surface area (Å²) in [4.78, 5) is 12.0. The Bertz CT molecular complexity index is 572. The summed E-state index contributed by atoms with van der Waals surface area (Å²) < 4.78 is 24.8. The maximum absolute atomic E-state index is 12.0. The molecule has 0 aliphatic carbocycles. The van der Waals surface area contributed by atoms with Crippen molar-refractivity contribution in [3.8, 4) is 0 Å². The van der Waals surface area contributed by atoms with Gasteiger partial charge in [0.05, 0.1) is 11.9 Å². The summed E-state index contributed by atoms with van der Waals surface area (Å²) in [6.07, 6.45) is 2.88. The zero-order chi connectivity index (χ0) is 16.0. The number of carbonyl (C=O) groups excluding carboxylic acids is 1. The van der Waals surface area contributed by atoms with Crippen LogP contribution < -0.4 is 9.62 Å². The number of anilines is 1. The summed E-state index contributed by atoms with van der Waals surface area (Å²) in [7, 11) is -3.54. The Labute approximate surface area is 131 Å². The average Bonchev–Trinajstić information content (AvgIpc) is 2.36. The van der Waals surface area contributed by atoms with Gasteiger partial charge in [0, 0.05) is 11.1 Å². The summed E-state index contributed by atoms with van der Waals surface area (Å²) in [6, 6.07) is 6.35. The topological polar surface area (TPSA) is 66.5 Å². The molecule has 1 N–H and O–H groups in total. The van der Waals surface area contributed by atoms with Crippen LogP contribution in [0.5, 0.6) is 0 Å². The Morgan fingerprint density at radius 2 is 1.90 bits per heavy atom. The van der Waals surface area contributed by atoms with Gasteiger partial charge in [0.15, 0.2) is 0 Å². The third-order valence-electron chi connectivity index (χ3n) is 2.93. The van der Waals surface area contributed by atoms with E-state index < -0.39 is 10.0 Å². The standard InChI is InChI=1S/C14H21ClN2O3S/c1-4-5-11(2)16-14(18)10-17(21(3,19)20)13-8-6-12(15)7-9-13/h6-9,11H,4-5,10H2,1-3H3,(H,16,18)/t11-/m1/s1. The zero-order valence-electron chi connectivity index (χ0n) is 12.5. The van der Waals surface area contributed by atoms with E-state index in [0.29, 0.717) is 10.7 Å². The first-order valence-electron chi connectivity index (χ1n) is 6.76. The lowest BCUT2D eigenvalue weighted by molar-refractivity contribution is -0.120. The number of benzene rings is 1. The maximum Gasteiger partial charge on any atom is 0.240 e. The van der Waals surface area contributed by atoms with Crippen molar-refractivity contribution in [1.29, 1.82) is 0 Å². The Morgan fingerprint density at radius 3 is 2.38 bits per heavy atom. The lowest BCUT2D eigenvalue weighted by atomic mass is 10.2. The fourth-order valence-electron chi connectivity index (χ4n) is 1.96. The molecule has 0 aliphatic rings. The number of hydrogen-bond acceptors (Lipinski definition) is 3. The number of rotatable bonds is 7. The number of amides is 1. The number of halogens is 1. The normalized spacial score (nSPS) is 12.8. The van der Waals surface area contributed by atoms with Gasteiger partial charge in [0.2, 0.25) is 15.9 Å². The van der Waals surface area contributed by atoms with Gasteiger partial charge in [-0.05, 0) is 37.6 Å². The highest BCUT2D eigenvalue weighted by Gasteiger charge is 2.21.